The number of hydrogen-bond acceptors (Lipinski definition) is 2. The molecule has 1 aliphatic carbocycles. The van der Waals surface area contributed by atoms with Gasteiger partial charge in [0.1, 0.15) is 11.6 Å². The number of nitrogens with two attached hydrogens (primary N) is 1. The van der Waals surface area contributed by atoms with Crippen molar-refractivity contribution in [2.24, 2.45) is 11.1 Å². The van der Waals surface area contributed by atoms with Crippen LogP contribution in [0.5, 0.6) is 0 Å². The van der Waals surface area contributed by atoms with Gasteiger partial charge in [0.15, 0.2) is 0 Å². The average Bonchev–Trinajstić information content (AvgIpc) is 2.56. The molecule has 1 aliphatic rings. The molecule has 1 aromatic rings. The molecule has 0 spiro atoms. The van der Waals surface area contributed by atoms with Gasteiger partial charge in [-0.05, 0) is 49.9 Å². The van der Waals surface area contributed by atoms with Crippen LogP contribution >= 0.6 is 12.4 Å². The second kappa shape index (κ2) is 8.77. The van der Waals surface area contributed by atoms with E-state index in [4.69, 9.17) is 5.73 Å². The maximum Gasteiger partial charge on any atom is 0.223 e. The highest BCUT2D eigenvalue weighted by Crippen LogP contribution is 2.39. The molecular weight excluding hydrogens is 334 g/mol. The molecule has 136 valence electrons. The van der Waals surface area contributed by atoms with Gasteiger partial charge in [-0.15, -0.1) is 12.4 Å². The molecule has 2 N–H and O–H groups in total. The summed E-state index contributed by atoms with van der Waals surface area (Å²) in [7, 11) is 1.64. The first-order chi connectivity index (χ1) is 10.9. The van der Waals surface area contributed by atoms with Crippen LogP contribution in [0.4, 0.5) is 8.78 Å². The predicted molar refractivity (Wildman–Crippen MR) is 94.0 cm³/mol. The molecule has 0 saturated heterocycles. The molecule has 0 radical (unpaired) electrons. The van der Waals surface area contributed by atoms with E-state index in [9.17, 15) is 13.6 Å². The zero-order chi connectivity index (χ0) is 17.0. The minimum Gasteiger partial charge on any atom is -0.339 e. The fourth-order valence-electron chi connectivity index (χ4n) is 3.46. The van der Waals surface area contributed by atoms with E-state index in [1.807, 2.05) is 0 Å². The van der Waals surface area contributed by atoms with Gasteiger partial charge in [0, 0.05) is 19.0 Å². The lowest BCUT2D eigenvalue weighted by Gasteiger charge is -2.37. The van der Waals surface area contributed by atoms with Gasteiger partial charge in [-0.1, -0.05) is 19.3 Å². The quantitative estimate of drug-likeness (QED) is 0.855. The number of benzene rings is 1. The first kappa shape index (κ1) is 20.8. The van der Waals surface area contributed by atoms with Crippen LogP contribution in [0.2, 0.25) is 0 Å². The fraction of sp³-hybridized carbons (Fsp3) is 0.611. The van der Waals surface area contributed by atoms with Crippen LogP contribution in [0.1, 0.15) is 57.1 Å². The molecule has 24 heavy (non-hydrogen) atoms. The number of carbonyl (C=O) groups excluding carboxylic acids is 1. The minimum absolute atomic E-state index is 0. The number of carbonyl (C=O) groups is 1. The van der Waals surface area contributed by atoms with Crippen molar-refractivity contribution >= 4 is 18.3 Å². The van der Waals surface area contributed by atoms with Crippen molar-refractivity contribution in [3.8, 4) is 0 Å². The van der Waals surface area contributed by atoms with E-state index in [0.717, 1.165) is 43.9 Å². The van der Waals surface area contributed by atoms with E-state index in [-0.39, 0.29) is 29.3 Å². The van der Waals surface area contributed by atoms with Gasteiger partial charge in [0.25, 0.3) is 0 Å². The Labute approximate surface area is 149 Å². The van der Waals surface area contributed by atoms with Gasteiger partial charge in [-0.2, -0.15) is 0 Å². The van der Waals surface area contributed by atoms with Crippen LogP contribution in [0.3, 0.4) is 0 Å². The largest absolute Gasteiger partial charge is 0.339 e. The minimum atomic E-state index is -0.517. The monoisotopic (exact) mass is 360 g/mol. The Kier molecular flexibility index (Phi) is 7.61. The molecule has 2 rings (SSSR count). The van der Waals surface area contributed by atoms with E-state index in [2.05, 4.69) is 0 Å². The third-order valence-corrected chi connectivity index (χ3v) is 5.26. The molecule has 1 fully saturated rings. The van der Waals surface area contributed by atoms with Gasteiger partial charge in [-0.3, -0.25) is 4.79 Å². The molecule has 0 aromatic heterocycles. The topological polar surface area (TPSA) is 46.3 Å². The normalized spacial score (nSPS) is 17.7. The van der Waals surface area contributed by atoms with Gasteiger partial charge in [0.2, 0.25) is 5.91 Å². The average molecular weight is 361 g/mol. The first-order valence-electron chi connectivity index (χ1n) is 8.29. The summed E-state index contributed by atoms with van der Waals surface area (Å²) >= 11 is 0. The summed E-state index contributed by atoms with van der Waals surface area (Å²) in [5.74, 6) is -1.06. The number of nitrogens with zero attached hydrogens (tertiary/aromatic N) is 1. The Balaban J connectivity index is 0.00000288. The molecule has 1 saturated carbocycles. The molecule has 0 aliphatic heterocycles. The van der Waals surface area contributed by atoms with Gasteiger partial charge < -0.3 is 10.6 Å². The van der Waals surface area contributed by atoms with Crippen molar-refractivity contribution in [2.75, 3.05) is 13.6 Å². The molecule has 3 nitrogen and oxygen atoms in total. The molecule has 0 bridgehead atoms. The van der Waals surface area contributed by atoms with E-state index < -0.39 is 17.7 Å². The van der Waals surface area contributed by atoms with Crippen LogP contribution in [0.15, 0.2) is 18.2 Å². The highest BCUT2D eigenvalue weighted by Gasteiger charge is 2.35. The molecule has 1 unspecified atom stereocenters. The zero-order valence-corrected chi connectivity index (χ0v) is 15.2. The maximum absolute atomic E-state index is 13.9. The number of halogens is 3. The summed E-state index contributed by atoms with van der Waals surface area (Å²) in [4.78, 5) is 14.1. The van der Waals surface area contributed by atoms with Crippen molar-refractivity contribution in [2.45, 2.75) is 51.5 Å². The van der Waals surface area contributed by atoms with Gasteiger partial charge in [-0.25, -0.2) is 8.78 Å². The van der Waals surface area contributed by atoms with Crippen LogP contribution < -0.4 is 5.73 Å². The van der Waals surface area contributed by atoms with Crippen molar-refractivity contribution in [1.82, 2.24) is 4.90 Å². The van der Waals surface area contributed by atoms with Gasteiger partial charge >= 0.3 is 0 Å². The Morgan fingerprint density at radius 3 is 2.50 bits per heavy atom. The lowest BCUT2D eigenvalue weighted by molar-refractivity contribution is -0.134. The highest BCUT2D eigenvalue weighted by molar-refractivity contribution is 5.85. The Morgan fingerprint density at radius 2 is 1.92 bits per heavy atom. The van der Waals surface area contributed by atoms with E-state index in [1.54, 1.807) is 14.0 Å². The Morgan fingerprint density at radius 1 is 1.29 bits per heavy atom. The molecule has 1 atom stereocenters. The third-order valence-electron chi connectivity index (χ3n) is 5.26. The van der Waals surface area contributed by atoms with Crippen LogP contribution in [0.25, 0.3) is 0 Å². The molecule has 6 heteroatoms. The van der Waals surface area contributed by atoms with Gasteiger partial charge in [0.05, 0.1) is 6.04 Å². The maximum atomic E-state index is 13.9. The second-order valence-electron chi connectivity index (χ2n) is 6.79. The lowest BCUT2D eigenvalue weighted by atomic mass is 9.71. The van der Waals surface area contributed by atoms with E-state index in [0.29, 0.717) is 13.0 Å². The SMILES string of the molecule is CC(c1cc(F)ccc1F)N(C)C(=O)CC1(CN)CCCCC1.Cl. The summed E-state index contributed by atoms with van der Waals surface area (Å²) in [6.45, 7) is 2.21. The summed E-state index contributed by atoms with van der Waals surface area (Å²) < 4.78 is 27.3. The van der Waals surface area contributed by atoms with Crippen LogP contribution in [-0.2, 0) is 4.79 Å². The molecule has 1 aromatic carbocycles. The second-order valence-corrected chi connectivity index (χ2v) is 6.79. The molecule has 1 amide bonds. The fourth-order valence-corrected chi connectivity index (χ4v) is 3.46. The predicted octanol–water partition coefficient (Wildman–Crippen LogP) is 4.21. The summed E-state index contributed by atoms with van der Waals surface area (Å²) in [6, 6.07) is 2.82. The molecule has 0 heterocycles. The summed E-state index contributed by atoms with van der Waals surface area (Å²) in [6.07, 6.45) is 5.69. The van der Waals surface area contributed by atoms with Crippen molar-refractivity contribution < 1.29 is 13.6 Å². The highest BCUT2D eigenvalue weighted by atomic mass is 35.5. The number of rotatable bonds is 5. The summed E-state index contributed by atoms with van der Waals surface area (Å²) in [5.41, 5.74) is 6.00. The van der Waals surface area contributed by atoms with Crippen LogP contribution in [0, 0.1) is 17.0 Å². The third kappa shape index (κ3) is 4.67. The van der Waals surface area contributed by atoms with Crippen molar-refractivity contribution in [3.63, 3.8) is 0 Å². The Hall–Kier alpha value is -1.20. The number of amides is 1. The Bertz CT molecular complexity index is 562. The van der Waals surface area contributed by atoms with E-state index >= 15 is 0 Å². The first-order valence-corrected chi connectivity index (χ1v) is 8.29. The smallest absolute Gasteiger partial charge is 0.223 e. The van der Waals surface area contributed by atoms with E-state index in [1.165, 1.54) is 11.3 Å². The zero-order valence-electron chi connectivity index (χ0n) is 14.4. The number of hydrogen-bond donors (Lipinski definition) is 1. The molecular formula is C18H27ClF2N2O. The summed E-state index contributed by atoms with van der Waals surface area (Å²) in [5, 5.41) is 0. The standard InChI is InChI=1S/C18H26F2N2O.ClH/c1-13(15-10-14(19)6-7-16(15)20)22(2)17(23)11-18(12-21)8-4-3-5-9-18;/h6-7,10,13H,3-5,8-9,11-12,21H2,1-2H3;1H. The lowest BCUT2D eigenvalue weighted by Crippen LogP contribution is -2.40. The van der Waals surface area contributed by atoms with Crippen LogP contribution in [-0.4, -0.2) is 24.4 Å². The van der Waals surface area contributed by atoms with Crippen molar-refractivity contribution in [3.05, 3.63) is 35.4 Å². The van der Waals surface area contributed by atoms with Crippen molar-refractivity contribution in [1.29, 1.82) is 0 Å².